The molecule has 3 rings (SSSR count). The molecule has 2 heterocycles. The van der Waals surface area contributed by atoms with Gasteiger partial charge in [-0.2, -0.15) is 5.10 Å². The fraction of sp³-hybridized carbons (Fsp3) is 0.435. The van der Waals surface area contributed by atoms with Crippen molar-refractivity contribution in [2.24, 2.45) is 0 Å². The molecule has 0 bridgehead atoms. The van der Waals surface area contributed by atoms with E-state index in [0.717, 1.165) is 5.56 Å². The van der Waals surface area contributed by atoms with Crippen molar-refractivity contribution in [3.05, 3.63) is 52.5 Å². The molecular formula is C23H29N3O4S. The first-order chi connectivity index (χ1) is 14.6. The summed E-state index contributed by atoms with van der Waals surface area (Å²) in [6.07, 6.45) is 0.502. The van der Waals surface area contributed by atoms with Crippen LogP contribution in [0.5, 0.6) is 0 Å². The maximum atomic E-state index is 13.6. The van der Waals surface area contributed by atoms with Crippen LogP contribution in [0.4, 0.5) is 0 Å². The number of hydrogen-bond donors (Lipinski definition) is 0. The molecule has 3 aromatic rings. The van der Waals surface area contributed by atoms with Gasteiger partial charge in [0, 0.05) is 17.0 Å². The van der Waals surface area contributed by atoms with Gasteiger partial charge < -0.3 is 4.74 Å². The number of rotatable bonds is 7. The lowest BCUT2D eigenvalue weighted by atomic mass is 10.0. The van der Waals surface area contributed by atoms with Gasteiger partial charge in [0.2, 0.25) is 9.84 Å². The van der Waals surface area contributed by atoms with Crippen LogP contribution in [-0.4, -0.2) is 35.6 Å². The smallest absolute Gasteiger partial charge is 0.310 e. The van der Waals surface area contributed by atoms with Crippen molar-refractivity contribution < 1.29 is 17.9 Å². The number of esters is 1. The van der Waals surface area contributed by atoms with E-state index in [2.05, 4.69) is 23.9 Å². The van der Waals surface area contributed by atoms with Gasteiger partial charge in [0.1, 0.15) is 4.90 Å². The van der Waals surface area contributed by atoms with Gasteiger partial charge in [-0.3, -0.25) is 4.79 Å². The van der Waals surface area contributed by atoms with Gasteiger partial charge in [-0.05, 0) is 50.8 Å². The van der Waals surface area contributed by atoms with E-state index >= 15 is 0 Å². The Labute approximate surface area is 183 Å². The predicted octanol–water partition coefficient (Wildman–Crippen LogP) is 3.97. The normalized spacial score (nSPS) is 12.0. The lowest BCUT2D eigenvalue weighted by molar-refractivity contribution is -0.142. The van der Waals surface area contributed by atoms with Crippen molar-refractivity contribution in [1.29, 1.82) is 0 Å². The summed E-state index contributed by atoms with van der Waals surface area (Å²) in [5.74, 6) is -0.0412. The number of aryl methyl sites for hydroxylation is 3. The molecule has 166 valence electrons. The van der Waals surface area contributed by atoms with Crippen molar-refractivity contribution >= 4 is 21.5 Å². The summed E-state index contributed by atoms with van der Waals surface area (Å²) >= 11 is 0. The second-order valence-electron chi connectivity index (χ2n) is 7.83. The molecule has 0 spiro atoms. The average molecular weight is 444 g/mol. The van der Waals surface area contributed by atoms with Crippen LogP contribution < -0.4 is 0 Å². The molecule has 0 saturated carbocycles. The van der Waals surface area contributed by atoms with E-state index in [1.54, 1.807) is 26.0 Å². The molecule has 8 heteroatoms. The number of nitrogens with zero attached hydrogens (tertiary/aromatic N) is 3. The van der Waals surface area contributed by atoms with Gasteiger partial charge in [0.25, 0.3) is 0 Å². The van der Waals surface area contributed by atoms with Crippen molar-refractivity contribution in [2.45, 2.75) is 70.1 Å². The van der Waals surface area contributed by atoms with E-state index in [4.69, 9.17) is 4.74 Å². The van der Waals surface area contributed by atoms with Gasteiger partial charge in [-0.25, -0.2) is 17.9 Å². The van der Waals surface area contributed by atoms with Crippen LogP contribution >= 0.6 is 0 Å². The fourth-order valence-electron chi connectivity index (χ4n) is 3.66. The average Bonchev–Trinajstić information content (AvgIpc) is 3.10. The van der Waals surface area contributed by atoms with Crippen LogP contribution in [0.15, 0.2) is 34.1 Å². The zero-order valence-electron chi connectivity index (χ0n) is 18.9. The summed E-state index contributed by atoms with van der Waals surface area (Å²) < 4.78 is 33.7. The Kier molecular flexibility index (Phi) is 6.50. The molecule has 0 aliphatic heterocycles. The first-order valence-corrected chi connectivity index (χ1v) is 12.0. The summed E-state index contributed by atoms with van der Waals surface area (Å²) in [6, 6.07) is 6.97. The lowest BCUT2D eigenvalue weighted by Crippen LogP contribution is -2.13. The third-order valence-corrected chi connectivity index (χ3v) is 7.29. The van der Waals surface area contributed by atoms with E-state index < -0.39 is 9.84 Å². The van der Waals surface area contributed by atoms with Crippen LogP contribution in [0, 0.1) is 13.8 Å². The summed E-state index contributed by atoms with van der Waals surface area (Å²) in [6.45, 7) is 11.6. The Bertz CT molecular complexity index is 1230. The number of sulfone groups is 1. The molecule has 0 N–H and O–H groups in total. The van der Waals surface area contributed by atoms with Crippen molar-refractivity contribution in [3.63, 3.8) is 0 Å². The molecule has 0 fully saturated rings. The number of fused-ring (bicyclic) bond motifs is 1. The van der Waals surface area contributed by atoms with Crippen LogP contribution in [0.3, 0.4) is 0 Å². The zero-order valence-corrected chi connectivity index (χ0v) is 19.7. The Balaban J connectivity index is 2.19. The highest BCUT2D eigenvalue weighted by molar-refractivity contribution is 7.91. The minimum absolute atomic E-state index is 0.0640. The molecule has 0 aliphatic carbocycles. The Morgan fingerprint density at radius 1 is 1.13 bits per heavy atom. The summed E-state index contributed by atoms with van der Waals surface area (Å²) in [5.41, 5.74) is 3.78. The highest BCUT2D eigenvalue weighted by Gasteiger charge is 2.29. The lowest BCUT2D eigenvalue weighted by Gasteiger charge is -2.11. The second kappa shape index (κ2) is 8.78. The molecule has 7 nitrogen and oxygen atoms in total. The largest absolute Gasteiger partial charge is 0.466 e. The predicted molar refractivity (Wildman–Crippen MR) is 118 cm³/mol. The van der Waals surface area contributed by atoms with E-state index in [1.807, 2.05) is 26.0 Å². The number of carbonyl (C=O) groups excluding carboxylic acids is 1. The monoisotopic (exact) mass is 443 g/mol. The van der Waals surface area contributed by atoms with E-state index in [1.165, 1.54) is 4.52 Å². The Hall–Kier alpha value is -2.74. The fourth-order valence-corrected chi connectivity index (χ4v) is 5.25. The quantitative estimate of drug-likeness (QED) is 0.513. The van der Waals surface area contributed by atoms with Gasteiger partial charge in [-0.1, -0.05) is 32.9 Å². The molecule has 0 amide bonds. The number of hydrogen-bond acceptors (Lipinski definition) is 6. The molecule has 0 aliphatic rings. The minimum Gasteiger partial charge on any atom is -0.466 e. The van der Waals surface area contributed by atoms with Gasteiger partial charge in [0.05, 0.1) is 23.6 Å². The third-order valence-electron chi connectivity index (χ3n) is 5.44. The zero-order chi connectivity index (χ0) is 22.9. The highest BCUT2D eigenvalue weighted by Crippen LogP contribution is 2.30. The van der Waals surface area contributed by atoms with E-state index in [9.17, 15) is 13.2 Å². The topological polar surface area (TPSA) is 90.6 Å². The van der Waals surface area contributed by atoms with Crippen LogP contribution in [0.2, 0.25) is 0 Å². The Morgan fingerprint density at radius 2 is 1.77 bits per heavy atom. The van der Waals surface area contributed by atoms with E-state index in [0.29, 0.717) is 41.6 Å². The number of aromatic nitrogens is 3. The highest BCUT2D eigenvalue weighted by atomic mass is 32.2. The first-order valence-electron chi connectivity index (χ1n) is 10.5. The summed E-state index contributed by atoms with van der Waals surface area (Å²) in [5, 5.41) is 4.55. The van der Waals surface area contributed by atoms with E-state index in [-0.39, 0.29) is 27.8 Å². The second-order valence-corrected chi connectivity index (χ2v) is 9.72. The molecule has 0 saturated heterocycles. The maximum Gasteiger partial charge on any atom is 0.310 e. The van der Waals surface area contributed by atoms with Gasteiger partial charge in [-0.15, -0.1) is 0 Å². The van der Waals surface area contributed by atoms with Crippen LogP contribution in [0.25, 0.3) is 5.65 Å². The summed E-state index contributed by atoms with van der Waals surface area (Å²) in [7, 11) is -3.82. The molecule has 2 aromatic heterocycles. The van der Waals surface area contributed by atoms with Crippen molar-refractivity contribution in [3.8, 4) is 0 Å². The SMILES string of the molecule is CCOC(=O)Cc1c(C)nc2c(S(=O)(=O)c3ccc(C(C)C)cc3)c(CC)nn2c1C. The minimum atomic E-state index is -3.82. The molecule has 1 aromatic carbocycles. The van der Waals surface area contributed by atoms with Gasteiger partial charge >= 0.3 is 5.97 Å². The van der Waals surface area contributed by atoms with Crippen LogP contribution in [0.1, 0.15) is 61.8 Å². The van der Waals surface area contributed by atoms with Crippen molar-refractivity contribution in [2.75, 3.05) is 6.61 Å². The third kappa shape index (κ3) is 4.21. The molecular weight excluding hydrogens is 414 g/mol. The first kappa shape index (κ1) is 22.9. The van der Waals surface area contributed by atoms with Gasteiger partial charge in [0.15, 0.2) is 5.65 Å². The standard InChI is InChI=1S/C23H29N3O4S/c1-7-20-22(31(28,29)18-11-9-17(10-12-18)14(3)4)23-24-15(5)19(13-21(27)30-8-2)16(6)26(23)25-20/h9-12,14H,7-8,13H2,1-6H3. The molecule has 0 unspecified atom stereocenters. The Morgan fingerprint density at radius 3 is 2.32 bits per heavy atom. The summed E-state index contributed by atoms with van der Waals surface area (Å²) in [4.78, 5) is 16.9. The molecule has 0 radical (unpaired) electrons. The molecule has 0 atom stereocenters. The molecule has 31 heavy (non-hydrogen) atoms. The van der Waals surface area contributed by atoms with Crippen LogP contribution in [-0.2, 0) is 32.2 Å². The van der Waals surface area contributed by atoms with Crippen molar-refractivity contribution in [1.82, 2.24) is 14.6 Å². The number of carbonyl (C=O) groups is 1. The maximum absolute atomic E-state index is 13.6. The number of benzene rings is 1. The number of ether oxygens (including phenoxy) is 1.